The third-order valence-electron chi connectivity index (χ3n) is 4.09. The van der Waals surface area contributed by atoms with E-state index in [-0.39, 0.29) is 17.7 Å². The lowest BCUT2D eigenvalue weighted by Gasteiger charge is -2.23. The Kier molecular flexibility index (Phi) is 4.81. The van der Waals surface area contributed by atoms with Gasteiger partial charge in [-0.25, -0.2) is 4.79 Å². The molecule has 1 heterocycles. The van der Waals surface area contributed by atoms with E-state index >= 15 is 0 Å². The lowest BCUT2D eigenvalue weighted by molar-refractivity contribution is -0.142. The number of nitrogens with one attached hydrogen (secondary N) is 3. The van der Waals surface area contributed by atoms with Crippen molar-refractivity contribution in [1.29, 1.82) is 0 Å². The van der Waals surface area contributed by atoms with Crippen LogP contribution in [0, 0.1) is 11.8 Å². The van der Waals surface area contributed by atoms with E-state index in [1.165, 1.54) is 0 Å². The second-order valence-corrected chi connectivity index (χ2v) is 5.48. The summed E-state index contributed by atoms with van der Waals surface area (Å²) in [6.45, 7) is 0.998. The van der Waals surface area contributed by atoms with Crippen LogP contribution in [-0.2, 0) is 9.59 Å². The van der Waals surface area contributed by atoms with Crippen molar-refractivity contribution < 1.29 is 19.5 Å². The molecule has 112 valence electrons. The second-order valence-electron chi connectivity index (χ2n) is 5.48. The molecule has 0 aromatic rings. The number of aliphatic carboxylic acids is 1. The molecular weight excluding hydrogens is 262 g/mol. The van der Waals surface area contributed by atoms with Crippen LogP contribution in [0.4, 0.5) is 4.79 Å². The van der Waals surface area contributed by atoms with Crippen molar-refractivity contribution in [1.82, 2.24) is 16.0 Å². The third kappa shape index (κ3) is 3.61. The Labute approximate surface area is 117 Å². The number of carboxylic acids is 1. The number of hydrogen-bond donors (Lipinski definition) is 4. The molecule has 4 N–H and O–H groups in total. The number of rotatable bonds is 4. The zero-order valence-corrected chi connectivity index (χ0v) is 11.4. The fourth-order valence-electron chi connectivity index (χ4n) is 2.95. The average Bonchev–Trinajstić information content (AvgIpc) is 2.88. The van der Waals surface area contributed by atoms with Crippen molar-refractivity contribution in [2.75, 3.05) is 13.1 Å². The molecule has 0 spiro atoms. The average molecular weight is 283 g/mol. The van der Waals surface area contributed by atoms with Crippen LogP contribution < -0.4 is 16.0 Å². The summed E-state index contributed by atoms with van der Waals surface area (Å²) < 4.78 is 0. The minimum Gasteiger partial charge on any atom is -0.481 e. The molecular formula is C13H21N3O4. The molecule has 1 aliphatic carbocycles. The minimum absolute atomic E-state index is 0.0153. The van der Waals surface area contributed by atoms with E-state index in [1.807, 2.05) is 0 Å². The number of urea groups is 1. The molecule has 1 saturated heterocycles. The lowest BCUT2D eigenvalue weighted by atomic mass is 9.96. The zero-order valence-electron chi connectivity index (χ0n) is 11.4. The van der Waals surface area contributed by atoms with E-state index in [2.05, 4.69) is 16.0 Å². The number of amides is 3. The van der Waals surface area contributed by atoms with Gasteiger partial charge in [-0.05, 0) is 31.6 Å². The van der Waals surface area contributed by atoms with Gasteiger partial charge in [-0.3, -0.25) is 9.59 Å². The number of carbonyl (C=O) groups excluding carboxylic acids is 2. The SMILES string of the molecule is O=C(NCC1CCCC1C(=O)O)NC1CCCNC1=O. The van der Waals surface area contributed by atoms with Crippen molar-refractivity contribution in [3.8, 4) is 0 Å². The summed E-state index contributed by atoms with van der Waals surface area (Å²) in [6, 6.07) is -0.884. The minimum atomic E-state index is -0.790. The van der Waals surface area contributed by atoms with Crippen molar-refractivity contribution >= 4 is 17.9 Å². The van der Waals surface area contributed by atoms with Gasteiger partial charge in [-0.2, -0.15) is 0 Å². The molecule has 0 bridgehead atoms. The van der Waals surface area contributed by atoms with Gasteiger partial charge in [-0.15, -0.1) is 0 Å². The lowest BCUT2D eigenvalue weighted by Crippen LogP contribution is -2.53. The highest BCUT2D eigenvalue weighted by Crippen LogP contribution is 2.31. The summed E-state index contributed by atoms with van der Waals surface area (Å²) in [4.78, 5) is 34.3. The molecule has 2 aliphatic rings. The van der Waals surface area contributed by atoms with Gasteiger partial charge in [0, 0.05) is 13.1 Å². The maximum atomic E-state index is 11.7. The zero-order chi connectivity index (χ0) is 14.5. The Morgan fingerprint density at radius 2 is 2.05 bits per heavy atom. The van der Waals surface area contributed by atoms with Crippen LogP contribution in [0.15, 0.2) is 0 Å². The van der Waals surface area contributed by atoms with Crippen LogP contribution in [0.25, 0.3) is 0 Å². The monoisotopic (exact) mass is 283 g/mol. The molecule has 7 heteroatoms. The third-order valence-corrected chi connectivity index (χ3v) is 4.09. The maximum Gasteiger partial charge on any atom is 0.315 e. The van der Waals surface area contributed by atoms with Crippen LogP contribution in [0.3, 0.4) is 0 Å². The number of carboxylic acid groups (broad SMARTS) is 1. The first kappa shape index (κ1) is 14.6. The first-order chi connectivity index (χ1) is 9.58. The first-order valence-electron chi connectivity index (χ1n) is 7.13. The van der Waals surface area contributed by atoms with Gasteiger partial charge >= 0.3 is 12.0 Å². The molecule has 1 saturated carbocycles. The number of piperidine rings is 1. The molecule has 20 heavy (non-hydrogen) atoms. The van der Waals surface area contributed by atoms with E-state index < -0.39 is 18.0 Å². The Bertz CT molecular complexity index is 399. The maximum absolute atomic E-state index is 11.7. The van der Waals surface area contributed by atoms with Crippen molar-refractivity contribution in [3.05, 3.63) is 0 Å². The number of carbonyl (C=O) groups is 3. The van der Waals surface area contributed by atoms with Crippen LogP contribution >= 0.6 is 0 Å². The summed E-state index contributed by atoms with van der Waals surface area (Å²) in [6.07, 6.45) is 3.87. The van der Waals surface area contributed by atoms with Crippen molar-refractivity contribution in [2.45, 2.75) is 38.1 Å². The van der Waals surface area contributed by atoms with Gasteiger partial charge in [0.05, 0.1) is 5.92 Å². The topological polar surface area (TPSA) is 108 Å². The Balaban J connectivity index is 1.74. The summed E-state index contributed by atoms with van der Waals surface area (Å²) in [5.74, 6) is -1.33. The molecule has 1 aliphatic heterocycles. The number of hydrogen-bond acceptors (Lipinski definition) is 3. The van der Waals surface area contributed by atoms with Crippen LogP contribution in [0.1, 0.15) is 32.1 Å². The predicted molar refractivity (Wildman–Crippen MR) is 71.0 cm³/mol. The normalized spacial score (nSPS) is 29.6. The quantitative estimate of drug-likeness (QED) is 0.585. The van der Waals surface area contributed by atoms with Gasteiger partial charge in [0.25, 0.3) is 0 Å². The first-order valence-corrected chi connectivity index (χ1v) is 7.13. The molecule has 0 aromatic heterocycles. The summed E-state index contributed by atoms with van der Waals surface area (Å²) in [5, 5.41) is 17.1. The molecule has 2 fully saturated rings. The largest absolute Gasteiger partial charge is 0.481 e. The van der Waals surface area contributed by atoms with E-state index in [9.17, 15) is 14.4 Å². The standard InChI is InChI=1S/C13H21N3O4/c17-11-10(5-2-6-14-11)16-13(20)15-7-8-3-1-4-9(8)12(18)19/h8-10H,1-7H2,(H,14,17)(H,18,19)(H2,15,16,20). The highest BCUT2D eigenvalue weighted by molar-refractivity contribution is 5.87. The molecule has 0 radical (unpaired) electrons. The highest BCUT2D eigenvalue weighted by Gasteiger charge is 2.33. The van der Waals surface area contributed by atoms with E-state index in [4.69, 9.17) is 5.11 Å². The highest BCUT2D eigenvalue weighted by atomic mass is 16.4. The fraction of sp³-hybridized carbons (Fsp3) is 0.769. The molecule has 0 aromatic carbocycles. The summed E-state index contributed by atoms with van der Waals surface area (Å²) in [5.41, 5.74) is 0. The van der Waals surface area contributed by atoms with Gasteiger partial charge in [0.15, 0.2) is 0 Å². The van der Waals surface area contributed by atoms with Gasteiger partial charge < -0.3 is 21.1 Å². The second kappa shape index (κ2) is 6.58. The smallest absolute Gasteiger partial charge is 0.315 e. The van der Waals surface area contributed by atoms with E-state index in [0.717, 1.165) is 19.3 Å². The van der Waals surface area contributed by atoms with Gasteiger partial charge in [-0.1, -0.05) is 6.42 Å². The predicted octanol–water partition coefficient (Wildman–Crippen LogP) is 0.0651. The Morgan fingerprint density at radius 1 is 1.25 bits per heavy atom. The van der Waals surface area contributed by atoms with E-state index in [0.29, 0.717) is 25.9 Å². The van der Waals surface area contributed by atoms with Gasteiger partial charge in [0.1, 0.15) is 6.04 Å². The van der Waals surface area contributed by atoms with Crippen molar-refractivity contribution in [2.24, 2.45) is 11.8 Å². The molecule has 3 atom stereocenters. The van der Waals surface area contributed by atoms with E-state index in [1.54, 1.807) is 0 Å². The molecule has 2 rings (SSSR count). The van der Waals surface area contributed by atoms with Crippen molar-refractivity contribution in [3.63, 3.8) is 0 Å². The van der Waals surface area contributed by atoms with Crippen LogP contribution in [-0.4, -0.2) is 42.1 Å². The fourth-order valence-corrected chi connectivity index (χ4v) is 2.95. The van der Waals surface area contributed by atoms with Crippen LogP contribution in [0.2, 0.25) is 0 Å². The molecule has 3 amide bonds. The van der Waals surface area contributed by atoms with Crippen LogP contribution in [0.5, 0.6) is 0 Å². The van der Waals surface area contributed by atoms with Gasteiger partial charge in [0.2, 0.25) is 5.91 Å². The Morgan fingerprint density at radius 3 is 2.75 bits per heavy atom. The molecule has 3 unspecified atom stereocenters. The summed E-state index contributed by atoms with van der Waals surface area (Å²) in [7, 11) is 0. The Hall–Kier alpha value is -1.79. The summed E-state index contributed by atoms with van der Waals surface area (Å²) >= 11 is 0. The molecule has 7 nitrogen and oxygen atoms in total.